The normalized spacial score (nSPS) is 29.2. The molecular formula is C14H18O4S. The highest BCUT2D eigenvalue weighted by atomic mass is 32.1. The summed E-state index contributed by atoms with van der Waals surface area (Å²) in [6.45, 7) is 5.93. The van der Waals surface area contributed by atoms with E-state index in [0.29, 0.717) is 6.42 Å². The van der Waals surface area contributed by atoms with Gasteiger partial charge < -0.3 is 9.15 Å². The van der Waals surface area contributed by atoms with E-state index < -0.39 is 22.1 Å². The molecule has 2 atom stereocenters. The molecule has 0 aliphatic heterocycles. The van der Waals surface area contributed by atoms with Crippen LogP contribution in [0.1, 0.15) is 44.2 Å². The molecule has 1 aliphatic carbocycles. The minimum atomic E-state index is -1.18. The molecule has 5 heteroatoms. The molecule has 1 saturated carbocycles. The van der Waals surface area contributed by atoms with E-state index in [1.54, 1.807) is 6.07 Å². The molecular weight excluding hydrogens is 264 g/mol. The molecule has 1 heterocycles. The van der Waals surface area contributed by atoms with Crippen LogP contribution in [0.5, 0.6) is 0 Å². The van der Waals surface area contributed by atoms with Gasteiger partial charge in [0.2, 0.25) is 10.9 Å². The summed E-state index contributed by atoms with van der Waals surface area (Å²) in [5.74, 6) is -0.244. The van der Waals surface area contributed by atoms with Crippen molar-refractivity contribution in [1.29, 1.82) is 0 Å². The maximum Gasteiger partial charge on any atom is 0.375 e. The van der Waals surface area contributed by atoms with Crippen LogP contribution in [-0.4, -0.2) is 16.7 Å². The lowest BCUT2D eigenvalue weighted by Crippen LogP contribution is -2.51. The number of carbonyl (C=O) groups excluding carboxylic acids is 2. The molecule has 1 fully saturated rings. The Morgan fingerprint density at radius 1 is 1.47 bits per heavy atom. The third-order valence-electron chi connectivity index (χ3n) is 4.54. The first kappa shape index (κ1) is 14.2. The highest BCUT2D eigenvalue weighted by Gasteiger charge is 2.59. The molecule has 0 N–H and O–H groups in total. The minimum Gasteiger partial charge on any atom is -0.457 e. The van der Waals surface area contributed by atoms with E-state index in [-0.39, 0.29) is 11.7 Å². The van der Waals surface area contributed by atoms with Crippen LogP contribution in [0.3, 0.4) is 0 Å². The van der Waals surface area contributed by atoms with Gasteiger partial charge in [0.1, 0.15) is 0 Å². The summed E-state index contributed by atoms with van der Waals surface area (Å²) in [4.78, 5) is 24.1. The minimum absolute atomic E-state index is 0.101. The second-order valence-corrected chi connectivity index (χ2v) is 6.07. The zero-order valence-electron chi connectivity index (χ0n) is 11.3. The van der Waals surface area contributed by atoms with E-state index in [9.17, 15) is 9.59 Å². The highest BCUT2D eigenvalue weighted by Crippen LogP contribution is 2.53. The fourth-order valence-electron chi connectivity index (χ4n) is 2.71. The van der Waals surface area contributed by atoms with Gasteiger partial charge in [-0.05, 0) is 30.9 Å². The molecule has 0 saturated heterocycles. The number of thiol groups is 1. The van der Waals surface area contributed by atoms with Crippen LogP contribution in [-0.2, 0) is 9.53 Å². The van der Waals surface area contributed by atoms with Crippen molar-refractivity contribution in [3.8, 4) is 0 Å². The van der Waals surface area contributed by atoms with Gasteiger partial charge in [-0.2, -0.15) is 0 Å². The summed E-state index contributed by atoms with van der Waals surface area (Å²) in [5.41, 5.74) is -1.63. The van der Waals surface area contributed by atoms with Crippen LogP contribution in [0.25, 0.3) is 0 Å². The molecule has 4 nitrogen and oxygen atoms in total. The SMILES string of the molecule is CC1CC[C@](OC(=O)c2ccco2)(C(=O)S)C1(C)C. The van der Waals surface area contributed by atoms with E-state index in [1.165, 1.54) is 12.3 Å². The Hall–Kier alpha value is -1.23. The van der Waals surface area contributed by atoms with Crippen LogP contribution < -0.4 is 0 Å². The zero-order chi connectivity index (χ0) is 14.3. The van der Waals surface area contributed by atoms with Gasteiger partial charge in [0.05, 0.1) is 6.26 Å². The summed E-state index contributed by atoms with van der Waals surface area (Å²) in [6.07, 6.45) is 2.72. The molecule has 0 amide bonds. The molecule has 1 aromatic heterocycles. The molecule has 0 radical (unpaired) electrons. The van der Waals surface area contributed by atoms with Crippen molar-refractivity contribution in [2.45, 2.75) is 39.2 Å². The molecule has 1 aliphatic rings. The van der Waals surface area contributed by atoms with E-state index in [0.717, 1.165) is 6.42 Å². The van der Waals surface area contributed by atoms with Crippen molar-refractivity contribution in [2.24, 2.45) is 11.3 Å². The number of ether oxygens (including phenoxy) is 1. The second-order valence-electron chi connectivity index (χ2n) is 5.66. The molecule has 104 valence electrons. The molecule has 0 aromatic carbocycles. The fourth-order valence-corrected chi connectivity index (χ4v) is 3.16. The van der Waals surface area contributed by atoms with Crippen LogP contribution in [0.4, 0.5) is 0 Å². The summed E-state index contributed by atoms with van der Waals surface area (Å²) in [6, 6.07) is 3.12. The van der Waals surface area contributed by atoms with Crippen molar-refractivity contribution in [3.63, 3.8) is 0 Å². The van der Waals surface area contributed by atoms with Gasteiger partial charge in [0.15, 0.2) is 5.60 Å². The Bertz CT molecular complexity index is 492. The van der Waals surface area contributed by atoms with Crippen molar-refractivity contribution in [2.75, 3.05) is 0 Å². The Balaban J connectivity index is 2.32. The Morgan fingerprint density at radius 3 is 2.58 bits per heavy atom. The average molecular weight is 282 g/mol. The lowest BCUT2D eigenvalue weighted by atomic mass is 9.73. The third-order valence-corrected chi connectivity index (χ3v) is 4.90. The maximum atomic E-state index is 12.1. The van der Waals surface area contributed by atoms with Gasteiger partial charge in [0.25, 0.3) is 0 Å². The quantitative estimate of drug-likeness (QED) is 0.683. The van der Waals surface area contributed by atoms with E-state index >= 15 is 0 Å². The summed E-state index contributed by atoms with van der Waals surface area (Å²) < 4.78 is 10.5. The maximum absolute atomic E-state index is 12.1. The van der Waals surface area contributed by atoms with Crippen LogP contribution >= 0.6 is 12.6 Å². The van der Waals surface area contributed by atoms with Crippen molar-refractivity contribution >= 4 is 23.7 Å². The van der Waals surface area contributed by atoms with Crippen molar-refractivity contribution in [1.82, 2.24) is 0 Å². The van der Waals surface area contributed by atoms with E-state index in [4.69, 9.17) is 9.15 Å². The number of esters is 1. The smallest absolute Gasteiger partial charge is 0.375 e. The lowest BCUT2D eigenvalue weighted by molar-refractivity contribution is -0.140. The van der Waals surface area contributed by atoms with Gasteiger partial charge in [-0.15, -0.1) is 12.6 Å². The first-order valence-corrected chi connectivity index (χ1v) is 6.76. The van der Waals surface area contributed by atoms with Crippen molar-refractivity contribution < 1.29 is 18.7 Å². The Morgan fingerprint density at radius 2 is 2.16 bits per heavy atom. The fraction of sp³-hybridized carbons (Fsp3) is 0.571. The highest BCUT2D eigenvalue weighted by molar-refractivity contribution is 7.96. The number of rotatable bonds is 3. The van der Waals surface area contributed by atoms with E-state index in [2.05, 4.69) is 19.6 Å². The first-order valence-electron chi connectivity index (χ1n) is 6.31. The molecule has 1 unspecified atom stereocenters. The Kier molecular flexibility index (Phi) is 3.51. The van der Waals surface area contributed by atoms with Gasteiger partial charge in [-0.25, -0.2) is 4.79 Å². The topological polar surface area (TPSA) is 56.5 Å². The number of hydrogen-bond acceptors (Lipinski definition) is 4. The monoisotopic (exact) mass is 282 g/mol. The zero-order valence-corrected chi connectivity index (χ0v) is 12.2. The summed E-state index contributed by atoms with van der Waals surface area (Å²) in [7, 11) is 0. The average Bonchev–Trinajstić information content (AvgIpc) is 2.92. The van der Waals surface area contributed by atoms with Gasteiger partial charge in [-0.1, -0.05) is 20.8 Å². The third kappa shape index (κ3) is 2.10. The summed E-state index contributed by atoms with van der Waals surface area (Å²) in [5, 5.41) is -0.401. The molecule has 0 spiro atoms. The molecule has 19 heavy (non-hydrogen) atoms. The predicted molar refractivity (Wildman–Crippen MR) is 73.0 cm³/mol. The van der Waals surface area contributed by atoms with Crippen LogP contribution in [0.2, 0.25) is 0 Å². The molecule has 0 bridgehead atoms. The van der Waals surface area contributed by atoms with Crippen molar-refractivity contribution in [3.05, 3.63) is 24.2 Å². The standard InChI is InChI=1S/C14H18O4S/c1-9-6-7-14(12(16)19,13(9,2)3)18-11(15)10-5-4-8-17-10/h4-5,8-9H,6-7H2,1-3H3,(H,16,19)/t9?,14-/m0/s1. The van der Waals surface area contributed by atoms with E-state index in [1.807, 2.05) is 13.8 Å². The lowest BCUT2D eigenvalue weighted by Gasteiger charge is -2.40. The Labute approximate surface area is 117 Å². The number of hydrogen-bond donors (Lipinski definition) is 1. The predicted octanol–water partition coefficient (Wildman–Crippen LogP) is 3.09. The number of furan rings is 1. The second kappa shape index (κ2) is 4.71. The van der Waals surface area contributed by atoms with Gasteiger partial charge in [-0.3, -0.25) is 4.79 Å². The summed E-state index contributed by atoms with van der Waals surface area (Å²) >= 11 is 3.96. The largest absolute Gasteiger partial charge is 0.457 e. The van der Waals surface area contributed by atoms with Gasteiger partial charge >= 0.3 is 5.97 Å². The van der Waals surface area contributed by atoms with Crippen LogP contribution in [0, 0.1) is 11.3 Å². The van der Waals surface area contributed by atoms with Gasteiger partial charge in [0, 0.05) is 5.41 Å². The number of carbonyl (C=O) groups is 2. The van der Waals surface area contributed by atoms with Crippen LogP contribution in [0.15, 0.2) is 22.8 Å². The molecule has 1 aromatic rings. The first-order chi connectivity index (χ1) is 8.81. The molecule has 2 rings (SSSR count).